The Morgan fingerprint density at radius 1 is 1.11 bits per heavy atom. The van der Waals surface area contributed by atoms with E-state index >= 15 is 0 Å². The number of benzene rings is 1. The molecule has 0 fully saturated rings. The van der Waals surface area contributed by atoms with Crippen LogP contribution in [0.5, 0.6) is 0 Å². The molecule has 2 rings (SSSR count). The molecule has 1 N–H and O–H groups in total. The Balaban J connectivity index is 2.02. The lowest BCUT2D eigenvalue weighted by atomic mass is 9.93. The number of carbonyl (C=O) groups is 1. The first-order chi connectivity index (χ1) is 12.6. The zero-order valence-electron chi connectivity index (χ0n) is 17.4. The second kappa shape index (κ2) is 8.87. The summed E-state index contributed by atoms with van der Waals surface area (Å²) in [6, 6.07) is 8.51. The number of hydrogen-bond acceptors (Lipinski definition) is 5. The molecule has 0 aliphatic rings. The molecule has 7 heteroatoms. The number of aromatic nitrogens is 4. The van der Waals surface area contributed by atoms with Crippen LogP contribution in [0.25, 0.3) is 0 Å². The molecule has 0 unspecified atom stereocenters. The minimum atomic E-state index is -0.221. The number of rotatable bonds is 7. The molecule has 1 atom stereocenters. The first-order valence-corrected chi connectivity index (χ1v) is 10.4. The van der Waals surface area contributed by atoms with E-state index in [0.29, 0.717) is 17.0 Å². The summed E-state index contributed by atoms with van der Waals surface area (Å²) in [4.78, 5) is 12.6. The first-order valence-electron chi connectivity index (χ1n) is 9.40. The molecule has 0 saturated heterocycles. The van der Waals surface area contributed by atoms with Gasteiger partial charge in [-0.1, -0.05) is 63.7 Å². The van der Waals surface area contributed by atoms with Crippen LogP contribution in [0.15, 0.2) is 29.4 Å². The SMILES string of the molecule is CC(C)c1ccc([C@@H](NC(=O)CSc2nnnn2C(C)(C)C)C(C)C)cc1. The number of carbonyl (C=O) groups excluding carboxylic acids is 1. The van der Waals surface area contributed by atoms with Crippen molar-refractivity contribution in [3.05, 3.63) is 35.4 Å². The molecule has 27 heavy (non-hydrogen) atoms. The molecular weight excluding hydrogens is 358 g/mol. The van der Waals surface area contributed by atoms with Crippen LogP contribution in [-0.2, 0) is 10.3 Å². The third-order valence-electron chi connectivity index (χ3n) is 4.35. The van der Waals surface area contributed by atoms with E-state index in [0.717, 1.165) is 5.56 Å². The minimum Gasteiger partial charge on any atom is -0.348 e. The Hall–Kier alpha value is -1.89. The average molecular weight is 390 g/mol. The number of thioether (sulfide) groups is 1. The van der Waals surface area contributed by atoms with Gasteiger partial charge in [0.25, 0.3) is 0 Å². The summed E-state index contributed by atoms with van der Waals surface area (Å²) in [6.07, 6.45) is 0. The Kier molecular flexibility index (Phi) is 7.03. The highest BCUT2D eigenvalue weighted by molar-refractivity contribution is 7.99. The van der Waals surface area contributed by atoms with E-state index < -0.39 is 0 Å². The van der Waals surface area contributed by atoms with Gasteiger partial charge in [0, 0.05) is 0 Å². The van der Waals surface area contributed by atoms with E-state index in [1.807, 2.05) is 20.8 Å². The van der Waals surface area contributed by atoms with Crippen molar-refractivity contribution in [1.29, 1.82) is 0 Å². The third-order valence-corrected chi connectivity index (χ3v) is 5.27. The Labute approximate surface area is 166 Å². The van der Waals surface area contributed by atoms with Crippen molar-refractivity contribution < 1.29 is 4.79 Å². The predicted octanol–water partition coefficient (Wildman–Crippen LogP) is 4.16. The van der Waals surface area contributed by atoms with Crippen LogP contribution in [0.2, 0.25) is 0 Å². The number of tetrazole rings is 1. The predicted molar refractivity (Wildman–Crippen MR) is 110 cm³/mol. The van der Waals surface area contributed by atoms with Crippen LogP contribution >= 0.6 is 11.8 Å². The van der Waals surface area contributed by atoms with Crippen LogP contribution < -0.4 is 5.32 Å². The van der Waals surface area contributed by atoms with E-state index in [9.17, 15) is 4.79 Å². The summed E-state index contributed by atoms with van der Waals surface area (Å²) in [5, 5.41) is 15.6. The molecule has 2 aromatic rings. The zero-order valence-corrected chi connectivity index (χ0v) is 18.2. The highest BCUT2D eigenvalue weighted by atomic mass is 32.2. The van der Waals surface area contributed by atoms with Crippen molar-refractivity contribution in [2.75, 3.05) is 5.75 Å². The number of hydrogen-bond donors (Lipinski definition) is 1. The molecule has 148 valence electrons. The summed E-state index contributed by atoms with van der Waals surface area (Å²) >= 11 is 1.36. The smallest absolute Gasteiger partial charge is 0.230 e. The molecule has 1 aromatic carbocycles. The molecule has 0 spiro atoms. The van der Waals surface area contributed by atoms with Crippen LogP contribution in [0.3, 0.4) is 0 Å². The summed E-state index contributed by atoms with van der Waals surface area (Å²) < 4.78 is 1.75. The number of amides is 1. The zero-order chi connectivity index (χ0) is 20.2. The molecule has 0 saturated carbocycles. The van der Waals surface area contributed by atoms with Crippen molar-refractivity contribution in [3.63, 3.8) is 0 Å². The molecule has 0 bridgehead atoms. The quantitative estimate of drug-likeness (QED) is 0.720. The van der Waals surface area contributed by atoms with Gasteiger partial charge in [-0.05, 0) is 54.2 Å². The second-order valence-corrected chi connectivity index (χ2v) is 9.39. The molecule has 0 radical (unpaired) electrons. The summed E-state index contributed by atoms with van der Waals surface area (Å²) in [5.74, 6) is 1.05. The maximum absolute atomic E-state index is 12.6. The van der Waals surface area contributed by atoms with Gasteiger partial charge in [-0.25, -0.2) is 4.68 Å². The van der Waals surface area contributed by atoms with Crippen molar-refractivity contribution in [1.82, 2.24) is 25.5 Å². The van der Waals surface area contributed by atoms with Crippen LogP contribution in [0.4, 0.5) is 0 Å². The largest absolute Gasteiger partial charge is 0.348 e. The maximum atomic E-state index is 12.6. The molecule has 1 heterocycles. The lowest BCUT2D eigenvalue weighted by Crippen LogP contribution is -2.33. The van der Waals surface area contributed by atoms with Gasteiger partial charge < -0.3 is 5.32 Å². The lowest BCUT2D eigenvalue weighted by molar-refractivity contribution is -0.119. The standard InChI is InChI=1S/C20H31N5OS/c1-13(2)15-8-10-16(11-9-15)18(14(3)4)21-17(26)12-27-19-22-23-24-25(19)20(5,6)7/h8-11,13-14,18H,12H2,1-7H3,(H,21,26)/t18-/m0/s1. The summed E-state index contributed by atoms with van der Waals surface area (Å²) in [5.41, 5.74) is 2.21. The molecular formula is C20H31N5OS. The topological polar surface area (TPSA) is 72.7 Å². The molecule has 1 amide bonds. The normalized spacial score (nSPS) is 13.2. The molecule has 0 aliphatic heterocycles. The Bertz CT molecular complexity index is 746. The fourth-order valence-corrected chi connectivity index (χ4v) is 3.63. The van der Waals surface area contributed by atoms with Gasteiger partial charge in [0.1, 0.15) is 0 Å². The summed E-state index contributed by atoms with van der Waals surface area (Å²) in [7, 11) is 0. The van der Waals surface area contributed by atoms with E-state index in [1.54, 1.807) is 4.68 Å². The second-order valence-electron chi connectivity index (χ2n) is 8.44. The van der Waals surface area contributed by atoms with Crippen molar-refractivity contribution in [3.8, 4) is 0 Å². The molecule has 6 nitrogen and oxygen atoms in total. The van der Waals surface area contributed by atoms with E-state index in [-0.39, 0.29) is 23.2 Å². The van der Waals surface area contributed by atoms with E-state index in [4.69, 9.17) is 0 Å². The number of nitrogens with one attached hydrogen (secondary N) is 1. The van der Waals surface area contributed by atoms with Crippen molar-refractivity contribution in [2.45, 2.75) is 71.1 Å². The molecule has 0 aliphatic carbocycles. The van der Waals surface area contributed by atoms with Crippen LogP contribution in [0.1, 0.15) is 71.6 Å². The van der Waals surface area contributed by atoms with E-state index in [2.05, 4.69) is 72.8 Å². The first kappa shape index (κ1) is 21.4. The Morgan fingerprint density at radius 3 is 2.22 bits per heavy atom. The highest BCUT2D eigenvalue weighted by Crippen LogP contribution is 2.25. The fraction of sp³-hybridized carbons (Fsp3) is 0.600. The fourth-order valence-electron chi connectivity index (χ4n) is 2.76. The van der Waals surface area contributed by atoms with Crippen molar-refractivity contribution >= 4 is 17.7 Å². The maximum Gasteiger partial charge on any atom is 0.230 e. The minimum absolute atomic E-state index is 0.0158. The van der Waals surface area contributed by atoms with Gasteiger partial charge in [0.05, 0.1) is 17.3 Å². The lowest BCUT2D eigenvalue weighted by Gasteiger charge is -2.23. The summed E-state index contributed by atoms with van der Waals surface area (Å²) in [6.45, 7) is 14.7. The van der Waals surface area contributed by atoms with E-state index in [1.165, 1.54) is 17.3 Å². The Morgan fingerprint density at radius 2 is 1.70 bits per heavy atom. The van der Waals surface area contributed by atoms with Gasteiger partial charge >= 0.3 is 0 Å². The van der Waals surface area contributed by atoms with Gasteiger partial charge in [-0.2, -0.15) is 0 Å². The van der Waals surface area contributed by atoms with Gasteiger partial charge in [0.15, 0.2) is 0 Å². The third kappa shape index (κ3) is 5.79. The molecule has 1 aromatic heterocycles. The highest BCUT2D eigenvalue weighted by Gasteiger charge is 2.22. The van der Waals surface area contributed by atoms with Crippen LogP contribution in [-0.4, -0.2) is 31.9 Å². The van der Waals surface area contributed by atoms with Crippen LogP contribution in [0, 0.1) is 5.92 Å². The van der Waals surface area contributed by atoms with Crippen molar-refractivity contribution in [2.24, 2.45) is 5.92 Å². The van der Waals surface area contributed by atoms with Gasteiger partial charge in [0.2, 0.25) is 11.1 Å². The monoisotopic (exact) mass is 389 g/mol. The van der Waals surface area contributed by atoms with Gasteiger partial charge in [-0.3, -0.25) is 4.79 Å². The number of nitrogens with zero attached hydrogens (tertiary/aromatic N) is 4. The average Bonchev–Trinajstić information content (AvgIpc) is 3.06. The van der Waals surface area contributed by atoms with Gasteiger partial charge in [-0.15, -0.1) is 5.10 Å².